The van der Waals surface area contributed by atoms with E-state index in [2.05, 4.69) is 94.5 Å². The highest BCUT2D eigenvalue weighted by molar-refractivity contribution is 6.13. The van der Waals surface area contributed by atoms with Gasteiger partial charge in [0.1, 0.15) is 22.3 Å². The van der Waals surface area contributed by atoms with Crippen molar-refractivity contribution in [1.29, 1.82) is 0 Å². The van der Waals surface area contributed by atoms with Crippen molar-refractivity contribution in [1.82, 2.24) is 24.5 Å². The van der Waals surface area contributed by atoms with Gasteiger partial charge in [0.05, 0.1) is 11.0 Å². The van der Waals surface area contributed by atoms with Gasteiger partial charge in [0.25, 0.3) is 0 Å². The molecule has 0 aliphatic carbocycles. The molecule has 0 atom stereocenters. The molecule has 11 aromatic rings. The van der Waals surface area contributed by atoms with Crippen LogP contribution in [0.1, 0.15) is 0 Å². The summed E-state index contributed by atoms with van der Waals surface area (Å²) >= 11 is 0. The van der Waals surface area contributed by atoms with Crippen molar-refractivity contribution in [3.63, 3.8) is 0 Å². The summed E-state index contributed by atoms with van der Waals surface area (Å²) in [6, 6.07) is 47.4. The molecule has 0 fully saturated rings. The van der Waals surface area contributed by atoms with Crippen LogP contribution in [0.2, 0.25) is 0 Å². The van der Waals surface area contributed by atoms with Crippen LogP contribution in [-0.4, -0.2) is 24.5 Å². The van der Waals surface area contributed by atoms with Gasteiger partial charge in [0, 0.05) is 67.1 Å². The molecule has 51 heavy (non-hydrogen) atoms. The fourth-order valence-corrected chi connectivity index (χ4v) is 7.55. The summed E-state index contributed by atoms with van der Waals surface area (Å²) in [5.74, 6) is 1.65. The van der Waals surface area contributed by atoms with Crippen molar-refractivity contribution in [2.45, 2.75) is 0 Å². The molecule has 0 N–H and O–H groups in total. The number of hydrogen-bond donors (Lipinski definition) is 0. The van der Waals surface area contributed by atoms with Gasteiger partial charge in [-0.05, 0) is 48.5 Å². The number of fused-ring (bicyclic) bond motifs is 9. The quantitative estimate of drug-likeness (QED) is 0.188. The van der Waals surface area contributed by atoms with Gasteiger partial charge in [-0.2, -0.15) is 0 Å². The van der Waals surface area contributed by atoms with Crippen LogP contribution in [0.3, 0.4) is 0 Å². The third kappa shape index (κ3) is 4.18. The van der Waals surface area contributed by atoms with E-state index in [-0.39, 0.29) is 0 Å². The smallest absolute Gasteiger partial charge is 0.164 e. The van der Waals surface area contributed by atoms with Gasteiger partial charge in [0.15, 0.2) is 17.5 Å². The van der Waals surface area contributed by atoms with E-state index in [1.54, 1.807) is 6.20 Å². The molecule has 0 unspecified atom stereocenters. The first-order chi connectivity index (χ1) is 25.3. The Balaban J connectivity index is 1.19. The van der Waals surface area contributed by atoms with Crippen LogP contribution in [0.15, 0.2) is 161 Å². The van der Waals surface area contributed by atoms with Crippen molar-refractivity contribution < 1.29 is 8.83 Å². The number of furan rings is 2. The largest absolute Gasteiger partial charge is 0.456 e. The summed E-state index contributed by atoms with van der Waals surface area (Å²) in [6.45, 7) is 0. The summed E-state index contributed by atoms with van der Waals surface area (Å²) < 4.78 is 14.8. The second-order valence-electron chi connectivity index (χ2n) is 12.7. The van der Waals surface area contributed by atoms with E-state index in [0.29, 0.717) is 17.5 Å². The predicted octanol–water partition coefficient (Wildman–Crippen LogP) is 11.2. The number of hydrogen-bond acceptors (Lipinski definition) is 6. The van der Waals surface area contributed by atoms with Crippen molar-refractivity contribution in [2.24, 2.45) is 0 Å². The molecular formula is C44H25N5O2. The average molecular weight is 656 g/mol. The van der Waals surface area contributed by atoms with Gasteiger partial charge in [-0.25, -0.2) is 15.0 Å². The molecule has 0 radical (unpaired) electrons. The predicted molar refractivity (Wildman–Crippen MR) is 203 cm³/mol. The molecule has 0 aliphatic rings. The van der Waals surface area contributed by atoms with Gasteiger partial charge in [-0.15, -0.1) is 0 Å². The summed E-state index contributed by atoms with van der Waals surface area (Å²) in [5.41, 5.74) is 8.97. The lowest BCUT2D eigenvalue weighted by Gasteiger charge is -2.12. The first-order valence-electron chi connectivity index (χ1n) is 16.8. The molecular weight excluding hydrogens is 631 g/mol. The van der Waals surface area contributed by atoms with Crippen LogP contribution in [0.5, 0.6) is 0 Å². The minimum absolute atomic E-state index is 0.541. The van der Waals surface area contributed by atoms with E-state index >= 15 is 0 Å². The fourth-order valence-electron chi connectivity index (χ4n) is 7.55. The highest BCUT2D eigenvalue weighted by Gasteiger charge is 2.21. The summed E-state index contributed by atoms with van der Waals surface area (Å²) in [5, 5.41) is 6.20. The van der Waals surface area contributed by atoms with Gasteiger partial charge in [0.2, 0.25) is 0 Å². The maximum absolute atomic E-state index is 6.27. The number of benzene rings is 6. The zero-order chi connectivity index (χ0) is 33.5. The van der Waals surface area contributed by atoms with Crippen molar-refractivity contribution >= 4 is 65.7 Å². The van der Waals surface area contributed by atoms with E-state index in [1.165, 1.54) is 10.8 Å². The molecule has 11 rings (SSSR count). The Morgan fingerprint density at radius 2 is 0.980 bits per heavy atom. The number of nitrogens with zero attached hydrogens (tertiary/aromatic N) is 5. The Hall–Kier alpha value is -7.12. The first-order valence-corrected chi connectivity index (χ1v) is 16.8. The molecule has 238 valence electrons. The maximum atomic E-state index is 6.27. The van der Waals surface area contributed by atoms with Crippen LogP contribution < -0.4 is 0 Å². The van der Waals surface area contributed by atoms with Crippen molar-refractivity contribution in [2.75, 3.05) is 0 Å². The molecule has 5 aromatic heterocycles. The molecule has 0 bridgehead atoms. The number of pyridine rings is 1. The Morgan fingerprint density at radius 3 is 1.69 bits per heavy atom. The Kier molecular flexibility index (Phi) is 5.83. The van der Waals surface area contributed by atoms with Crippen LogP contribution in [0.25, 0.3) is 106 Å². The second kappa shape index (κ2) is 10.7. The second-order valence-corrected chi connectivity index (χ2v) is 12.7. The molecule has 7 heteroatoms. The normalized spacial score (nSPS) is 11.9. The molecule has 0 aliphatic heterocycles. The Labute approximate surface area is 290 Å². The molecule has 0 saturated heterocycles. The Morgan fingerprint density at radius 1 is 0.431 bits per heavy atom. The standard InChI is InChI=1S/C44H25N5O2/c1-4-17-34-28(12-1)29-13-2-5-18-35(29)49(34)27-11-7-10-26(24-27)42-46-43(31-15-8-20-38-40(31)30-14-3-6-19-36(30)50-38)48-44(47-42)32-16-9-21-39-41(32)33-25-45-23-22-37(33)51-39/h1-25H. The molecule has 7 nitrogen and oxygen atoms in total. The minimum Gasteiger partial charge on any atom is -0.456 e. The Bertz CT molecular complexity index is 2980. The summed E-state index contributed by atoms with van der Waals surface area (Å²) in [4.78, 5) is 20.0. The van der Waals surface area contributed by atoms with E-state index in [1.807, 2.05) is 60.8 Å². The number of para-hydroxylation sites is 3. The number of aromatic nitrogens is 5. The lowest BCUT2D eigenvalue weighted by atomic mass is 10.0. The third-order valence-electron chi connectivity index (χ3n) is 9.76. The molecule has 0 spiro atoms. The zero-order valence-corrected chi connectivity index (χ0v) is 27.0. The van der Waals surface area contributed by atoms with E-state index < -0.39 is 0 Å². The number of rotatable bonds is 4. The molecule has 6 aromatic carbocycles. The lowest BCUT2D eigenvalue weighted by molar-refractivity contribution is 0.668. The topological polar surface area (TPSA) is 82.8 Å². The third-order valence-corrected chi connectivity index (χ3v) is 9.76. The minimum atomic E-state index is 0.541. The zero-order valence-electron chi connectivity index (χ0n) is 27.0. The summed E-state index contributed by atoms with van der Waals surface area (Å²) in [6.07, 6.45) is 3.57. The van der Waals surface area contributed by atoms with Gasteiger partial charge in [-0.1, -0.05) is 91.0 Å². The van der Waals surface area contributed by atoms with Crippen LogP contribution >= 0.6 is 0 Å². The van der Waals surface area contributed by atoms with Crippen molar-refractivity contribution in [3.8, 4) is 39.9 Å². The average Bonchev–Trinajstić information content (AvgIpc) is 3.87. The lowest BCUT2D eigenvalue weighted by Crippen LogP contribution is -2.01. The molecule has 0 saturated carbocycles. The van der Waals surface area contributed by atoms with E-state index in [9.17, 15) is 0 Å². The van der Waals surface area contributed by atoms with E-state index in [4.69, 9.17) is 23.8 Å². The van der Waals surface area contributed by atoms with Crippen LogP contribution in [0, 0.1) is 0 Å². The van der Waals surface area contributed by atoms with Crippen molar-refractivity contribution in [3.05, 3.63) is 152 Å². The van der Waals surface area contributed by atoms with Gasteiger partial charge < -0.3 is 13.4 Å². The molecule has 5 heterocycles. The SMILES string of the molecule is c1cc(-c2nc(-c3cccc4oc5ccccc5c34)nc(-c3cccc4oc5ccncc5c34)n2)cc(-n2c3ccccc3c3ccccc32)c1. The van der Waals surface area contributed by atoms with Crippen LogP contribution in [0.4, 0.5) is 0 Å². The highest BCUT2D eigenvalue weighted by Crippen LogP contribution is 2.39. The monoisotopic (exact) mass is 655 g/mol. The summed E-state index contributed by atoms with van der Waals surface area (Å²) in [7, 11) is 0. The fraction of sp³-hybridized carbons (Fsp3) is 0. The molecule has 0 amide bonds. The van der Waals surface area contributed by atoms with Gasteiger partial charge >= 0.3 is 0 Å². The van der Waals surface area contributed by atoms with E-state index in [0.717, 1.165) is 77.3 Å². The van der Waals surface area contributed by atoms with Gasteiger partial charge in [-0.3, -0.25) is 4.98 Å². The highest BCUT2D eigenvalue weighted by atomic mass is 16.3. The maximum Gasteiger partial charge on any atom is 0.164 e. The van der Waals surface area contributed by atoms with Crippen LogP contribution in [-0.2, 0) is 0 Å². The first kappa shape index (κ1) is 27.8.